The quantitative estimate of drug-likeness (QED) is 0.297. The van der Waals surface area contributed by atoms with Crippen molar-refractivity contribution in [1.29, 1.82) is 0 Å². The molecule has 0 saturated carbocycles. The number of halogens is 3. The number of hydrogen-bond acceptors (Lipinski definition) is 6. The van der Waals surface area contributed by atoms with E-state index in [1.165, 1.54) is 18.2 Å². The average Bonchev–Trinajstić information content (AvgIpc) is 3.23. The van der Waals surface area contributed by atoms with Crippen LogP contribution in [0.25, 0.3) is 0 Å². The normalized spacial score (nSPS) is 12.6. The van der Waals surface area contributed by atoms with Gasteiger partial charge >= 0.3 is 6.36 Å². The van der Waals surface area contributed by atoms with Crippen molar-refractivity contribution in [2.75, 3.05) is 11.1 Å². The van der Waals surface area contributed by atoms with Crippen LogP contribution in [0.15, 0.2) is 53.7 Å². The van der Waals surface area contributed by atoms with Crippen LogP contribution in [-0.4, -0.2) is 32.8 Å². The van der Waals surface area contributed by atoms with Gasteiger partial charge in [0.25, 0.3) is 0 Å². The lowest BCUT2D eigenvalue weighted by molar-refractivity contribution is -0.274. The monoisotopic (exact) mass is 522 g/mol. The van der Waals surface area contributed by atoms with Crippen molar-refractivity contribution >= 4 is 23.4 Å². The van der Waals surface area contributed by atoms with Gasteiger partial charge in [0.15, 0.2) is 22.8 Å². The minimum Gasteiger partial charge on any atom is -0.482 e. The Kier molecular flexibility index (Phi) is 8.89. The van der Waals surface area contributed by atoms with E-state index < -0.39 is 24.1 Å². The molecular weight excluding hydrogens is 493 g/mol. The molecule has 1 amide bonds. The summed E-state index contributed by atoms with van der Waals surface area (Å²) in [4.78, 5) is 12.5. The van der Waals surface area contributed by atoms with Gasteiger partial charge < -0.3 is 19.4 Å². The number of hydrogen-bond donors (Lipinski definition) is 1. The average molecular weight is 523 g/mol. The van der Waals surface area contributed by atoms with Crippen LogP contribution in [0, 0.1) is 0 Å². The molecule has 7 nitrogen and oxygen atoms in total. The predicted octanol–water partition coefficient (Wildman–Crippen LogP) is 6.75. The molecule has 11 heteroatoms. The van der Waals surface area contributed by atoms with Gasteiger partial charge in [-0.25, -0.2) is 0 Å². The van der Waals surface area contributed by atoms with Gasteiger partial charge in [-0.2, -0.15) is 0 Å². The summed E-state index contributed by atoms with van der Waals surface area (Å²) in [6.07, 6.45) is -5.27. The van der Waals surface area contributed by atoms with Crippen molar-refractivity contribution in [3.63, 3.8) is 0 Å². The first-order valence-corrected chi connectivity index (χ1v) is 12.4. The number of ether oxygens (including phenoxy) is 2. The first-order valence-electron chi connectivity index (χ1n) is 11.4. The first-order chi connectivity index (χ1) is 17.0. The zero-order valence-corrected chi connectivity index (χ0v) is 21.5. The number of thioether (sulfide) groups is 1. The molecule has 194 valence electrons. The topological polar surface area (TPSA) is 78.3 Å². The second-order valence-electron chi connectivity index (χ2n) is 8.64. The summed E-state index contributed by atoms with van der Waals surface area (Å²) in [5.41, 5.74) is 1.01. The molecule has 36 heavy (non-hydrogen) atoms. The fourth-order valence-corrected chi connectivity index (χ4v) is 4.43. The van der Waals surface area contributed by atoms with E-state index in [0.717, 1.165) is 29.1 Å². The third-order valence-corrected chi connectivity index (χ3v) is 6.08. The molecule has 0 aliphatic heterocycles. The van der Waals surface area contributed by atoms with E-state index in [1.54, 1.807) is 0 Å². The van der Waals surface area contributed by atoms with E-state index in [2.05, 4.69) is 34.1 Å². The Morgan fingerprint density at radius 1 is 1.00 bits per heavy atom. The molecule has 0 aliphatic rings. The Labute approximate surface area is 212 Å². The summed E-state index contributed by atoms with van der Waals surface area (Å²) in [6.45, 7) is 10.0. The van der Waals surface area contributed by atoms with E-state index in [0.29, 0.717) is 11.0 Å². The lowest BCUT2D eigenvalue weighted by atomic mass is 10.0. The molecule has 3 rings (SSSR count). The van der Waals surface area contributed by atoms with Crippen LogP contribution >= 0.6 is 11.8 Å². The largest absolute Gasteiger partial charge is 0.573 e. The van der Waals surface area contributed by atoms with Crippen molar-refractivity contribution in [2.24, 2.45) is 0 Å². The van der Waals surface area contributed by atoms with E-state index in [1.807, 2.05) is 49.6 Å². The van der Waals surface area contributed by atoms with Crippen molar-refractivity contribution in [2.45, 2.75) is 64.2 Å². The molecule has 2 aromatic carbocycles. The smallest absolute Gasteiger partial charge is 0.482 e. The third-order valence-electron chi connectivity index (χ3n) is 5.13. The summed E-state index contributed by atoms with van der Waals surface area (Å²) >= 11 is 1.13. The number of anilines is 1. The van der Waals surface area contributed by atoms with Gasteiger partial charge in [-0.1, -0.05) is 55.9 Å². The standard InChI is InChI=1S/C25H29F3N4O3S/c1-15(2)18-10-6-8-12-20(18)34-17(5)23-30-31-24(32(23)16(3)4)36-14-22(33)29-19-11-7-9-13-21(19)35-25(26,27)28/h6-13,15-17H,14H2,1-5H3,(H,29,33). The van der Waals surface area contributed by atoms with Crippen LogP contribution in [0.1, 0.15) is 64.1 Å². The van der Waals surface area contributed by atoms with Crippen molar-refractivity contribution < 1.29 is 27.4 Å². The zero-order chi connectivity index (χ0) is 26.5. The number of para-hydroxylation sites is 3. The van der Waals surface area contributed by atoms with Crippen molar-refractivity contribution in [1.82, 2.24) is 14.8 Å². The fraction of sp³-hybridized carbons (Fsp3) is 0.400. The first kappa shape index (κ1) is 27.4. The molecule has 1 N–H and O–H groups in total. The lowest BCUT2D eigenvalue weighted by Crippen LogP contribution is -2.20. The highest BCUT2D eigenvalue weighted by Gasteiger charge is 2.32. The maximum atomic E-state index is 12.6. The van der Waals surface area contributed by atoms with Crippen molar-refractivity contribution in [3.05, 3.63) is 59.9 Å². The minimum absolute atomic E-state index is 0.0205. The summed E-state index contributed by atoms with van der Waals surface area (Å²) < 4.78 is 50.1. The highest BCUT2D eigenvalue weighted by atomic mass is 32.2. The number of benzene rings is 2. The van der Waals surface area contributed by atoms with Gasteiger partial charge in [-0.3, -0.25) is 4.79 Å². The van der Waals surface area contributed by atoms with Gasteiger partial charge in [0.1, 0.15) is 5.75 Å². The van der Waals surface area contributed by atoms with Gasteiger partial charge in [0, 0.05) is 6.04 Å². The van der Waals surface area contributed by atoms with Crippen LogP contribution in [-0.2, 0) is 4.79 Å². The number of nitrogens with zero attached hydrogens (tertiary/aromatic N) is 3. The van der Waals surface area contributed by atoms with E-state index in [4.69, 9.17) is 4.74 Å². The second-order valence-corrected chi connectivity index (χ2v) is 9.58. The Morgan fingerprint density at radius 2 is 1.64 bits per heavy atom. The molecular formula is C25H29F3N4O3S. The molecule has 0 spiro atoms. The molecule has 1 atom stereocenters. The summed E-state index contributed by atoms with van der Waals surface area (Å²) in [5.74, 6) is 0.586. The van der Waals surface area contributed by atoms with Crippen LogP contribution < -0.4 is 14.8 Å². The zero-order valence-electron chi connectivity index (χ0n) is 20.7. The van der Waals surface area contributed by atoms with E-state index >= 15 is 0 Å². The number of rotatable bonds is 10. The molecule has 1 heterocycles. The third kappa shape index (κ3) is 7.16. The molecule has 1 aromatic heterocycles. The van der Waals surface area contributed by atoms with Gasteiger partial charge in [-0.15, -0.1) is 23.4 Å². The number of amides is 1. The van der Waals surface area contributed by atoms with Gasteiger partial charge in [0.2, 0.25) is 5.91 Å². The number of aromatic nitrogens is 3. The van der Waals surface area contributed by atoms with Gasteiger partial charge in [0.05, 0.1) is 11.4 Å². The molecule has 1 unspecified atom stereocenters. The fourth-order valence-electron chi connectivity index (χ4n) is 3.56. The van der Waals surface area contributed by atoms with E-state index in [-0.39, 0.29) is 23.4 Å². The maximum Gasteiger partial charge on any atom is 0.573 e. The molecule has 0 aliphatic carbocycles. The molecule has 0 saturated heterocycles. The van der Waals surface area contributed by atoms with Gasteiger partial charge in [-0.05, 0) is 50.5 Å². The van der Waals surface area contributed by atoms with Crippen LogP contribution in [0.4, 0.5) is 18.9 Å². The highest BCUT2D eigenvalue weighted by Crippen LogP contribution is 2.33. The Bertz CT molecular complexity index is 1180. The Morgan fingerprint density at radius 3 is 2.28 bits per heavy atom. The molecule has 0 fully saturated rings. The van der Waals surface area contributed by atoms with Crippen LogP contribution in [0.3, 0.4) is 0 Å². The molecule has 0 radical (unpaired) electrons. The summed E-state index contributed by atoms with van der Waals surface area (Å²) in [6, 6.07) is 13.2. The van der Waals surface area contributed by atoms with Crippen molar-refractivity contribution in [3.8, 4) is 11.5 Å². The predicted molar refractivity (Wildman–Crippen MR) is 132 cm³/mol. The number of carbonyl (C=O) groups excluding carboxylic acids is 1. The second kappa shape index (κ2) is 11.7. The lowest BCUT2D eigenvalue weighted by Gasteiger charge is -2.21. The van der Waals surface area contributed by atoms with E-state index in [9.17, 15) is 18.0 Å². The minimum atomic E-state index is -4.87. The molecule has 0 bridgehead atoms. The maximum absolute atomic E-state index is 12.6. The Balaban J connectivity index is 1.71. The summed E-state index contributed by atoms with van der Waals surface area (Å²) in [5, 5.41) is 11.5. The SMILES string of the molecule is CC(C)c1ccccc1OC(C)c1nnc(SCC(=O)Nc2ccccc2OC(F)(F)F)n1C(C)C. The highest BCUT2D eigenvalue weighted by molar-refractivity contribution is 7.99. The van der Waals surface area contributed by atoms with Crippen LogP contribution in [0.2, 0.25) is 0 Å². The van der Waals surface area contributed by atoms with Crippen LogP contribution in [0.5, 0.6) is 11.5 Å². The number of carbonyl (C=O) groups is 1. The summed E-state index contributed by atoms with van der Waals surface area (Å²) in [7, 11) is 0. The molecule has 3 aromatic rings. The number of nitrogens with one attached hydrogen (secondary N) is 1. The number of alkyl halides is 3. The Hall–Kier alpha value is -3.21.